The monoisotopic (exact) mass is 388 g/mol. The molecule has 3 aromatic rings. The molecular weight excluding hydrogens is 364 g/mol. The number of hydrogen-bond donors (Lipinski definition) is 4. The van der Waals surface area contributed by atoms with Crippen LogP contribution in [0.4, 0.5) is 5.82 Å². The predicted molar refractivity (Wildman–Crippen MR) is 113 cm³/mol. The zero-order chi connectivity index (χ0) is 19.8. The van der Waals surface area contributed by atoms with E-state index in [9.17, 15) is 4.79 Å². The van der Waals surface area contributed by atoms with Gasteiger partial charge in [0.1, 0.15) is 11.9 Å². The molecule has 1 aliphatic heterocycles. The number of aromatic nitrogens is 2. The fraction of sp³-hybridized carbons (Fsp3) is 0.318. The molecule has 1 aromatic heterocycles. The molecule has 2 aromatic carbocycles. The highest BCUT2D eigenvalue weighted by Crippen LogP contribution is 2.33. The fourth-order valence-corrected chi connectivity index (χ4v) is 4.57. The maximum atomic E-state index is 11.8. The molecule has 0 bridgehead atoms. The Balaban J connectivity index is 1.46. The number of carbonyl (C=O) groups excluding carboxylic acids is 1. The van der Waals surface area contributed by atoms with Crippen LogP contribution in [0, 0.1) is 5.92 Å². The number of carbonyl (C=O) groups is 1. The first-order valence-corrected chi connectivity index (χ1v) is 10.1. The highest BCUT2D eigenvalue weighted by Gasteiger charge is 2.42. The topological polar surface area (TPSA) is 105 Å². The van der Waals surface area contributed by atoms with Crippen molar-refractivity contribution in [3.8, 4) is 11.4 Å². The second-order valence-electron chi connectivity index (χ2n) is 7.87. The van der Waals surface area contributed by atoms with E-state index < -0.39 is 0 Å². The van der Waals surface area contributed by atoms with Gasteiger partial charge in [0.15, 0.2) is 5.82 Å². The van der Waals surface area contributed by atoms with Crippen molar-refractivity contribution in [1.29, 1.82) is 0 Å². The van der Waals surface area contributed by atoms with Crippen molar-refractivity contribution in [3.05, 3.63) is 54.6 Å². The van der Waals surface area contributed by atoms with Crippen LogP contribution in [0.1, 0.15) is 19.3 Å². The van der Waals surface area contributed by atoms with Gasteiger partial charge in [0, 0.05) is 29.0 Å². The van der Waals surface area contributed by atoms with Crippen LogP contribution in [0.25, 0.3) is 22.3 Å². The van der Waals surface area contributed by atoms with Gasteiger partial charge in [-0.1, -0.05) is 42.5 Å². The average molecular weight is 388 g/mol. The van der Waals surface area contributed by atoms with Crippen LogP contribution in [-0.2, 0) is 4.79 Å². The first-order chi connectivity index (χ1) is 14.2. The van der Waals surface area contributed by atoms with Crippen molar-refractivity contribution >= 4 is 22.6 Å². The lowest BCUT2D eigenvalue weighted by Gasteiger charge is -2.33. The van der Waals surface area contributed by atoms with Gasteiger partial charge in [-0.25, -0.2) is 15.4 Å². The summed E-state index contributed by atoms with van der Waals surface area (Å²) >= 11 is 0. The van der Waals surface area contributed by atoms with Gasteiger partial charge in [-0.3, -0.25) is 10.2 Å². The normalized spacial score (nSPS) is 26.2. The maximum Gasteiger partial charge on any atom is 0.236 e. The van der Waals surface area contributed by atoms with Crippen LogP contribution >= 0.6 is 0 Å². The number of primary amides is 1. The van der Waals surface area contributed by atoms with E-state index in [4.69, 9.17) is 15.7 Å². The number of amides is 1. The zero-order valence-corrected chi connectivity index (χ0v) is 16.0. The van der Waals surface area contributed by atoms with E-state index in [1.807, 2.05) is 54.6 Å². The van der Waals surface area contributed by atoms with Crippen molar-refractivity contribution in [2.24, 2.45) is 11.7 Å². The largest absolute Gasteiger partial charge is 0.368 e. The maximum absolute atomic E-state index is 11.8. The van der Waals surface area contributed by atoms with E-state index >= 15 is 0 Å². The van der Waals surface area contributed by atoms with E-state index in [-0.39, 0.29) is 30.0 Å². The lowest BCUT2D eigenvalue weighted by molar-refractivity contribution is -0.120. The van der Waals surface area contributed by atoms with Crippen molar-refractivity contribution in [2.75, 3.05) is 5.32 Å². The van der Waals surface area contributed by atoms with Gasteiger partial charge in [-0.05, 0) is 31.4 Å². The van der Waals surface area contributed by atoms with Crippen LogP contribution in [0.2, 0.25) is 0 Å². The molecule has 2 heterocycles. The quantitative estimate of drug-likeness (QED) is 0.546. The van der Waals surface area contributed by atoms with Crippen molar-refractivity contribution in [1.82, 2.24) is 20.8 Å². The molecule has 148 valence electrons. The molecule has 7 nitrogen and oxygen atoms in total. The molecule has 4 unspecified atom stereocenters. The molecule has 1 amide bonds. The van der Waals surface area contributed by atoms with Gasteiger partial charge < -0.3 is 11.1 Å². The Bertz CT molecular complexity index is 1040. The number of nitrogens with zero attached hydrogens (tertiary/aromatic N) is 2. The second kappa shape index (κ2) is 7.42. The number of benzene rings is 2. The Morgan fingerprint density at radius 1 is 1.00 bits per heavy atom. The van der Waals surface area contributed by atoms with Crippen LogP contribution in [-0.4, -0.2) is 34.0 Å². The molecule has 0 radical (unpaired) electrons. The predicted octanol–water partition coefficient (Wildman–Crippen LogP) is 2.21. The summed E-state index contributed by atoms with van der Waals surface area (Å²) in [7, 11) is 0. The van der Waals surface area contributed by atoms with Crippen molar-refractivity contribution in [3.63, 3.8) is 0 Å². The summed E-state index contributed by atoms with van der Waals surface area (Å²) in [6.45, 7) is 0. The molecule has 7 heteroatoms. The highest BCUT2D eigenvalue weighted by molar-refractivity contribution is 5.90. The molecule has 1 aliphatic carbocycles. The molecule has 5 rings (SSSR count). The number of nitrogens with one attached hydrogen (secondary N) is 3. The third-order valence-electron chi connectivity index (χ3n) is 6.03. The van der Waals surface area contributed by atoms with Gasteiger partial charge in [-0.15, -0.1) is 0 Å². The molecule has 29 heavy (non-hydrogen) atoms. The first-order valence-electron chi connectivity index (χ1n) is 10.1. The Morgan fingerprint density at radius 3 is 2.62 bits per heavy atom. The van der Waals surface area contributed by atoms with Crippen molar-refractivity contribution in [2.45, 2.75) is 37.4 Å². The van der Waals surface area contributed by atoms with Gasteiger partial charge in [0.05, 0.1) is 5.52 Å². The molecule has 0 spiro atoms. The Labute approximate surface area is 169 Å². The smallest absolute Gasteiger partial charge is 0.236 e. The minimum Gasteiger partial charge on any atom is -0.368 e. The zero-order valence-electron chi connectivity index (χ0n) is 16.0. The lowest BCUT2D eigenvalue weighted by atomic mass is 9.79. The second-order valence-corrected chi connectivity index (χ2v) is 7.87. The minimum absolute atomic E-state index is 0.181. The molecule has 4 atom stereocenters. The standard InChI is InChI=1S/C22H24N6O/c23-20(29)19-16-12-14(10-11-18(16)27-28-19)24-22-15-8-4-5-9-17(15)25-21(26-22)13-6-2-1-3-7-13/h1-9,14,16,18-19,27-28H,10-12H2,(H2,23,29)(H,24,25,26). The highest BCUT2D eigenvalue weighted by atomic mass is 16.1. The summed E-state index contributed by atoms with van der Waals surface area (Å²) in [6, 6.07) is 18.2. The van der Waals surface area contributed by atoms with Crippen LogP contribution in [0.15, 0.2) is 54.6 Å². The Kier molecular flexibility index (Phi) is 4.61. The van der Waals surface area contributed by atoms with E-state index in [0.717, 1.165) is 41.5 Å². The van der Waals surface area contributed by atoms with E-state index in [1.54, 1.807) is 0 Å². The summed E-state index contributed by atoms with van der Waals surface area (Å²) in [5, 5.41) is 4.65. The first kappa shape index (κ1) is 18.0. The number of hydrogen-bond acceptors (Lipinski definition) is 6. The summed E-state index contributed by atoms with van der Waals surface area (Å²) in [4.78, 5) is 21.4. The van der Waals surface area contributed by atoms with Crippen LogP contribution < -0.4 is 21.9 Å². The lowest BCUT2D eigenvalue weighted by Crippen LogP contribution is -2.44. The summed E-state index contributed by atoms with van der Waals surface area (Å²) in [6.07, 6.45) is 2.84. The van der Waals surface area contributed by atoms with Gasteiger partial charge in [0.25, 0.3) is 0 Å². The number of hydrazine groups is 1. The fourth-order valence-electron chi connectivity index (χ4n) is 4.57. The molecule has 2 aliphatic rings. The Morgan fingerprint density at radius 2 is 1.79 bits per heavy atom. The summed E-state index contributed by atoms with van der Waals surface area (Å²) in [5.74, 6) is 1.43. The molecule has 1 saturated carbocycles. The number of anilines is 1. The number of para-hydroxylation sites is 1. The minimum atomic E-state index is -0.327. The summed E-state index contributed by atoms with van der Waals surface area (Å²) < 4.78 is 0. The van der Waals surface area contributed by atoms with Crippen LogP contribution in [0.5, 0.6) is 0 Å². The van der Waals surface area contributed by atoms with Crippen LogP contribution in [0.3, 0.4) is 0 Å². The number of rotatable bonds is 4. The molecule has 1 saturated heterocycles. The van der Waals surface area contributed by atoms with Crippen molar-refractivity contribution < 1.29 is 4.79 Å². The number of fused-ring (bicyclic) bond motifs is 2. The molecule has 2 fully saturated rings. The number of nitrogens with two attached hydrogens (primary N) is 1. The van der Waals surface area contributed by atoms with Gasteiger partial charge in [0.2, 0.25) is 5.91 Å². The molecular formula is C22H24N6O. The van der Waals surface area contributed by atoms with E-state index in [1.165, 1.54) is 0 Å². The Hall–Kier alpha value is -3.03. The summed E-state index contributed by atoms with van der Waals surface area (Å²) in [5.41, 5.74) is 13.8. The third kappa shape index (κ3) is 3.43. The van der Waals surface area contributed by atoms with Gasteiger partial charge >= 0.3 is 0 Å². The van der Waals surface area contributed by atoms with E-state index in [2.05, 4.69) is 16.2 Å². The van der Waals surface area contributed by atoms with E-state index in [0.29, 0.717) is 5.82 Å². The average Bonchev–Trinajstić information content (AvgIpc) is 3.18. The SMILES string of the molecule is NC(=O)C1NNC2CCC(Nc3nc(-c4ccccc4)nc4ccccc34)CC21. The molecule has 5 N–H and O–H groups in total. The van der Waals surface area contributed by atoms with Gasteiger partial charge in [-0.2, -0.15) is 0 Å². The third-order valence-corrected chi connectivity index (χ3v) is 6.03.